The molecule has 4 bridgehead atoms. The number of carbonyl (C=O) groups excluding carboxylic acids is 2. The fraction of sp³-hybridized carbons (Fsp3) is 0.508. The number of nitriles is 2. The number of hydrogen-bond donors (Lipinski definition) is 3. The number of carbonyl (C=O) groups is 2. The molecule has 8 aliphatic rings. The first-order valence-corrected chi connectivity index (χ1v) is 32.3. The molecule has 0 spiro atoms. The third-order valence-corrected chi connectivity index (χ3v) is 19.8. The maximum atomic E-state index is 12.9. The Labute approximate surface area is 564 Å². The second kappa shape index (κ2) is 26.5. The molecule has 8 heterocycles. The van der Waals surface area contributed by atoms with E-state index in [2.05, 4.69) is 82.5 Å². The molecule has 2 fully saturated rings. The number of phenols is 1. The lowest BCUT2D eigenvalue weighted by molar-refractivity contribution is -0.0723. The first-order valence-electron chi connectivity index (χ1n) is 30.0. The summed E-state index contributed by atoms with van der Waals surface area (Å²) in [5, 5.41) is 39.0. The molecule has 0 aromatic heterocycles. The lowest BCUT2D eigenvalue weighted by Gasteiger charge is -2.60. The van der Waals surface area contributed by atoms with E-state index in [4.69, 9.17) is 117 Å². The Kier molecular flexibility index (Phi) is 19.3. The number of phenolic OH excluding ortho intramolecular Hbond substituents is 1. The molecule has 2 unspecified atom stereocenters. The zero-order valence-corrected chi connectivity index (χ0v) is 56.8. The van der Waals surface area contributed by atoms with Gasteiger partial charge in [-0.25, -0.2) is 9.59 Å². The van der Waals surface area contributed by atoms with Crippen LogP contribution in [-0.4, -0.2) is 162 Å². The number of alkyl carbamates (subject to hydrolysis) is 2. The second-order valence-electron chi connectivity index (χ2n) is 24.1. The molecule has 27 heteroatoms. The molecule has 12 rings (SSSR count). The largest absolute Gasteiger partial charge is 0.504 e. The highest BCUT2D eigenvalue weighted by molar-refractivity contribution is 6.68. The molecule has 3 N–H and O–H groups in total. The Morgan fingerprint density at radius 1 is 0.609 bits per heavy atom. The minimum atomic E-state index is -1.78. The zero-order chi connectivity index (χ0) is 66.2. The van der Waals surface area contributed by atoms with Gasteiger partial charge in [0.25, 0.3) is 0 Å². The number of nitrogens with zero attached hydrogens (tertiary/aromatic N) is 6. The minimum absolute atomic E-state index is 0.0124. The van der Waals surface area contributed by atoms with Crippen molar-refractivity contribution >= 4 is 81.8 Å². The Morgan fingerprint density at radius 2 is 1.01 bits per heavy atom. The van der Waals surface area contributed by atoms with E-state index in [0.717, 1.165) is 66.9 Å². The first-order chi connectivity index (χ1) is 43.8. The van der Waals surface area contributed by atoms with Crippen molar-refractivity contribution in [3.63, 3.8) is 0 Å². The molecule has 2 amide bonds. The number of piperazine rings is 2. The normalized spacial score (nSPS) is 24.6. The van der Waals surface area contributed by atoms with E-state index in [-0.39, 0.29) is 81.9 Å². The van der Waals surface area contributed by atoms with Crippen LogP contribution in [0.1, 0.15) is 96.5 Å². The molecule has 4 aromatic rings. The van der Waals surface area contributed by atoms with Gasteiger partial charge in [0.05, 0.1) is 50.5 Å². The van der Waals surface area contributed by atoms with Crippen molar-refractivity contribution in [2.45, 2.75) is 128 Å². The average Bonchev–Trinajstić information content (AvgIpc) is 0.869. The number of amides is 2. The van der Waals surface area contributed by atoms with Crippen LogP contribution in [0.3, 0.4) is 0 Å². The van der Waals surface area contributed by atoms with E-state index < -0.39 is 57.2 Å². The fourth-order valence-corrected chi connectivity index (χ4v) is 16.2. The highest BCUT2D eigenvalue weighted by Gasteiger charge is 2.59. The van der Waals surface area contributed by atoms with Crippen LogP contribution in [0.25, 0.3) is 0 Å². The van der Waals surface area contributed by atoms with Crippen LogP contribution < -0.4 is 48.5 Å². The molecule has 92 heavy (non-hydrogen) atoms. The number of aryl methyl sites for hydroxylation is 2. The molecule has 0 radical (unpaired) electrons. The van der Waals surface area contributed by atoms with Crippen molar-refractivity contribution in [2.24, 2.45) is 0 Å². The van der Waals surface area contributed by atoms with Gasteiger partial charge in [-0.2, -0.15) is 10.5 Å². The van der Waals surface area contributed by atoms with E-state index in [0.29, 0.717) is 65.9 Å². The highest BCUT2D eigenvalue weighted by Crippen LogP contribution is 2.61. The SMILES string of the molecule is C=CCOc1c(C)c2c(c3c1CC1[C@H]4c5c(cc(C)c(OC)c5C)C[C@@H]([C@H](C#N)N1[C@H]3CNC(=O)OCC(Cl)(Cl)Cl)N4C)OCO2.C=CCOc1c(C)c2c(c3c1CC1[C@H]4c5c(cc(C)c(OC)c5O)C[C@@H]([C@H](C#N)N1[C@H]3CNC(=O)OCC(Cl)(Cl)Cl)N4C)OCO2. The maximum Gasteiger partial charge on any atom is 0.407 e. The van der Waals surface area contributed by atoms with E-state index in [9.17, 15) is 25.2 Å². The lowest BCUT2D eigenvalue weighted by Crippen LogP contribution is -2.69. The lowest BCUT2D eigenvalue weighted by atomic mass is 9.71. The summed E-state index contributed by atoms with van der Waals surface area (Å²) in [5.74, 6) is 4.95. The zero-order valence-electron chi connectivity index (χ0n) is 52.3. The number of benzene rings is 4. The van der Waals surface area contributed by atoms with Gasteiger partial charge in [-0.15, -0.1) is 0 Å². The molecule has 492 valence electrons. The summed E-state index contributed by atoms with van der Waals surface area (Å²) in [6.45, 7) is 17.4. The van der Waals surface area contributed by atoms with Crippen LogP contribution in [0, 0.1) is 57.3 Å². The van der Waals surface area contributed by atoms with Crippen molar-refractivity contribution < 1.29 is 62.1 Å². The van der Waals surface area contributed by atoms with Crippen molar-refractivity contribution in [1.29, 1.82) is 10.5 Å². The number of hydrogen-bond acceptors (Lipinski definition) is 19. The van der Waals surface area contributed by atoms with Crippen LogP contribution in [0.4, 0.5) is 9.59 Å². The molecular weight excluding hydrogens is 1310 g/mol. The van der Waals surface area contributed by atoms with Crippen molar-refractivity contribution in [3.05, 3.63) is 110 Å². The highest BCUT2D eigenvalue weighted by atomic mass is 35.6. The number of halogens is 6. The Hall–Kier alpha value is -6.34. The quantitative estimate of drug-likeness (QED) is 0.0787. The van der Waals surface area contributed by atoms with E-state index in [1.54, 1.807) is 19.3 Å². The summed E-state index contributed by atoms with van der Waals surface area (Å²) in [6.07, 6.45) is 4.05. The predicted molar refractivity (Wildman–Crippen MR) is 346 cm³/mol. The first kappa shape index (κ1) is 67.1. The van der Waals surface area contributed by atoms with Crippen molar-refractivity contribution in [1.82, 2.24) is 30.2 Å². The number of aromatic hydroxyl groups is 1. The summed E-state index contributed by atoms with van der Waals surface area (Å²) in [7, 11) is 7.33. The smallest absolute Gasteiger partial charge is 0.407 e. The third kappa shape index (κ3) is 11.8. The summed E-state index contributed by atoms with van der Waals surface area (Å²) < 4.78 is 55.1. The van der Waals surface area contributed by atoms with Gasteiger partial charge in [0.15, 0.2) is 34.5 Å². The topological polar surface area (TPSA) is 231 Å². The van der Waals surface area contributed by atoms with Crippen molar-refractivity contribution in [2.75, 3.05) is 81.4 Å². The Balaban J connectivity index is 0.000000188. The number of rotatable bonds is 14. The summed E-state index contributed by atoms with van der Waals surface area (Å²) in [6, 6.07) is 5.97. The molecule has 0 aliphatic carbocycles. The van der Waals surface area contributed by atoms with Gasteiger partial charge in [0, 0.05) is 76.2 Å². The molecule has 10 atom stereocenters. The molecule has 0 saturated carbocycles. The predicted octanol–water partition coefficient (Wildman–Crippen LogP) is 11.0. The monoisotopic (exact) mass is 1380 g/mol. The molecule has 4 aromatic carbocycles. The van der Waals surface area contributed by atoms with E-state index >= 15 is 0 Å². The molecule has 21 nitrogen and oxygen atoms in total. The van der Waals surface area contributed by atoms with Gasteiger partial charge in [-0.3, -0.25) is 19.6 Å². The van der Waals surface area contributed by atoms with Crippen LogP contribution in [0.5, 0.6) is 51.7 Å². The van der Waals surface area contributed by atoms with Crippen LogP contribution in [0.2, 0.25) is 0 Å². The number of ether oxygens (including phenoxy) is 10. The fourth-order valence-electron chi connectivity index (χ4n) is 15.8. The number of methoxy groups -OCH3 is 2. The van der Waals surface area contributed by atoms with E-state index in [1.165, 1.54) is 18.2 Å². The Morgan fingerprint density at radius 3 is 1.41 bits per heavy atom. The van der Waals surface area contributed by atoms with Gasteiger partial charge in [-0.1, -0.05) is 107 Å². The third-order valence-electron chi connectivity index (χ3n) is 19.1. The standard InChI is InChI=1S/C33H37Cl3N4O6.C32H35Cl3N4O7/c1-7-8-43-29-18(4)30-31(46-15-45-30)26-20(29)11-22-27-25-17(3)28(42-6)16(2)9-19(25)10-21(39(27)5)23(12-37)40(22)24(26)13-38-32(41)44-14-33(34,35)36;1-6-7-43-28-16(3)29-30(46-14-45-29)24-18(28)10-20-25-23-17(8-15(2)27(42-5)26(23)40)9-19(38(25)4)21(11-36)39(20)22(24)12-37-31(41)44-13-32(33,34)35/h7,9,21-24,27H,1,8,10-11,13-15H2,2-6H3,(H,38,41);6,8,19-22,25,40H,1,7,9-10,12-14H2,2-5H3,(H,37,41)/t21-,22?,23-,24-,27-;19-,20?,21-,22-,25-/m00/s1. The van der Waals surface area contributed by atoms with Gasteiger partial charge in [-0.05, 0) is 108 Å². The minimum Gasteiger partial charge on any atom is -0.504 e. The Bertz CT molecular complexity index is 3480. The average molecular weight is 1390 g/mol. The van der Waals surface area contributed by atoms with Crippen LogP contribution in [0.15, 0.2) is 37.4 Å². The summed E-state index contributed by atoms with van der Waals surface area (Å²) in [5.41, 5.74) is 12.1. The number of nitrogens with one attached hydrogen (secondary N) is 2. The van der Waals surface area contributed by atoms with Gasteiger partial charge in [0.2, 0.25) is 21.2 Å². The van der Waals surface area contributed by atoms with Crippen LogP contribution in [-0.2, 0) is 35.2 Å². The van der Waals surface area contributed by atoms with E-state index in [1.807, 2.05) is 33.9 Å². The summed E-state index contributed by atoms with van der Waals surface area (Å²) >= 11 is 34.9. The van der Waals surface area contributed by atoms with Gasteiger partial charge in [0.1, 0.15) is 55.8 Å². The van der Waals surface area contributed by atoms with Crippen molar-refractivity contribution in [3.8, 4) is 63.9 Å². The number of fused-ring (bicyclic) bond motifs is 18. The van der Waals surface area contributed by atoms with Crippen LogP contribution >= 0.6 is 69.6 Å². The van der Waals surface area contributed by atoms with Gasteiger partial charge >= 0.3 is 12.2 Å². The number of likely N-dealkylation sites (N-methyl/N-ethyl adjacent to an activating group) is 2. The maximum absolute atomic E-state index is 12.9. The van der Waals surface area contributed by atoms with Gasteiger partial charge < -0.3 is 63.1 Å². The second-order valence-corrected chi connectivity index (χ2v) is 29.2. The molecule has 8 aliphatic heterocycles. The molecular formula is C65H72Cl6N8O13. The summed E-state index contributed by atoms with van der Waals surface area (Å²) in [4.78, 5) is 34.7. The molecule has 2 saturated heterocycles. The number of alkyl halides is 6.